The Labute approximate surface area is 226 Å². The molecule has 1 heterocycles. The predicted molar refractivity (Wildman–Crippen MR) is 159 cm³/mol. The maximum Gasteiger partial charge on any atom is 0.227 e. The Morgan fingerprint density at radius 1 is 0.590 bits per heavy atom. The summed E-state index contributed by atoms with van der Waals surface area (Å²) in [4.78, 5) is 4.71. The number of fused-ring (bicyclic) bond motifs is 2. The van der Waals surface area contributed by atoms with Gasteiger partial charge in [-0.25, -0.2) is 4.98 Å². The van der Waals surface area contributed by atoms with Crippen molar-refractivity contribution < 1.29 is 9.15 Å². The van der Waals surface area contributed by atoms with Gasteiger partial charge in [0.25, 0.3) is 0 Å². The zero-order chi connectivity index (χ0) is 26.0. The van der Waals surface area contributed by atoms with Crippen molar-refractivity contribution in [2.45, 2.75) is 0 Å². The van der Waals surface area contributed by atoms with Crippen LogP contribution in [-0.4, -0.2) is 4.98 Å². The van der Waals surface area contributed by atoms with Crippen LogP contribution in [0.25, 0.3) is 44.5 Å². The van der Waals surface area contributed by atoms with E-state index < -0.39 is 0 Å². The molecule has 39 heavy (non-hydrogen) atoms. The van der Waals surface area contributed by atoms with Gasteiger partial charge in [0.05, 0.1) is 0 Å². The van der Waals surface area contributed by atoms with Crippen molar-refractivity contribution in [3.05, 3.63) is 140 Å². The van der Waals surface area contributed by atoms with E-state index >= 15 is 0 Å². The molecule has 0 aliphatic carbocycles. The lowest BCUT2D eigenvalue weighted by molar-refractivity contribution is 0.488. The first-order valence-electron chi connectivity index (χ1n) is 12.9. The second-order valence-corrected chi connectivity index (χ2v) is 9.31. The van der Waals surface area contributed by atoms with Crippen molar-refractivity contribution in [1.82, 2.24) is 4.98 Å². The van der Waals surface area contributed by atoms with E-state index in [4.69, 9.17) is 14.1 Å². The molecule has 0 saturated heterocycles. The number of oxazole rings is 1. The third kappa shape index (κ3) is 4.49. The van der Waals surface area contributed by atoms with Crippen LogP contribution in [0.15, 0.2) is 144 Å². The van der Waals surface area contributed by atoms with Gasteiger partial charge in [-0.1, -0.05) is 91.0 Å². The first-order chi connectivity index (χ1) is 19.3. The van der Waals surface area contributed by atoms with Crippen LogP contribution in [0.3, 0.4) is 0 Å². The molecule has 0 unspecified atom stereocenters. The van der Waals surface area contributed by atoms with Gasteiger partial charge in [-0.3, -0.25) is 0 Å². The number of hydrogen-bond donors (Lipinski definition) is 1. The Hall–Kier alpha value is -5.35. The molecular weight excluding hydrogens is 480 g/mol. The maximum absolute atomic E-state index is 6.44. The molecule has 0 saturated carbocycles. The molecule has 186 valence electrons. The average molecular weight is 505 g/mol. The number of rotatable bonds is 6. The maximum atomic E-state index is 6.44. The largest absolute Gasteiger partial charge is 0.457 e. The fourth-order valence-corrected chi connectivity index (χ4v) is 4.92. The summed E-state index contributed by atoms with van der Waals surface area (Å²) in [6, 6.07) is 46.7. The van der Waals surface area contributed by atoms with Crippen LogP contribution in [0, 0.1) is 0 Å². The van der Waals surface area contributed by atoms with Crippen LogP contribution in [0.1, 0.15) is 0 Å². The molecule has 0 spiro atoms. The number of para-hydroxylation sites is 3. The summed E-state index contributed by atoms with van der Waals surface area (Å²) in [5.74, 6) is 2.12. The molecule has 0 radical (unpaired) electrons. The minimum absolute atomic E-state index is 0.599. The minimum atomic E-state index is 0.599. The van der Waals surface area contributed by atoms with E-state index in [1.54, 1.807) is 0 Å². The molecule has 0 aliphatic rings. The van der Waals surface area contributed by atoms with Gasteiger partial charge in [-0.05, 0) is 53.4 Å². The van der Waals surface area contributed by atoms with E-state index in [2.05, 4.69) is 59.9 Å². The normalized spacial score (nSPS) is 11.1. The molecule has 0 fully saturated rings. The van der Waals surface area contributed by atoms with Gasteiger partial charge < -0.3 is 14.5 Å². The number of nitrogens with one attached hydrogen (secondary N) is 1. The lowest BCUT2D eigenvalue weighted by Crippen LogP contribution is -1.94. The summed E-state index contributed by atoms with van der Waals surface area (Å²) in [6.07, 6.45) is 0. The van der Waals surface area contributed by atoms with Gasteiger partial charge in [0, 0.05) is 34.0 Å². The van der Waals surface area contributed by atoms with E-state index in [0.717, 1.165) is 55.9 Å². The molecule has 0 aliphatic heterocycles. The van der Waals surface area contributed by atoms with E-state index in [-0.39, 0.29) is 0 Å². The Balaban J connectivity index is 1.21. The van der Waals surface area contributed by atoms with Crippen molar-refractivity contribution >= 4 is 33.2 Å². The van der Waals surface area contributed by atoms with Crippen LogP contribution < -0.4 is 10.1 Å². The van der Waals surface area contributed by atoms with E-state index in [1.165, 1.54) is 5.56 Å². The SMILES string of the molecule is c1ccc(-c2ccccc2Nc2cccc(Oc3ccc(-c4nc5ccccc5o4)c4ccccc34)c2)cc1. The fourth-order valence-electron chi connectivity index (χ4n) is 4.92. The monoisotopic (exact) mass is 504 g/mol. The highest BCUT2D eigenvalue weighted by molar-refractivity contribution is 5.99. The van der Waals surface area contributed by atoms with Crippen LogP contribution in [0.4, 0.5) is 11.4 Å². The first-order valence-corrected chi connectivity index (χ1v) is 12.9. The number of benzene rings is 6. The Kier molecular flexibility index (Phi) is 5.76. The molecule has 7 aromatic rings. The van der Waals surface area contributed by atoms with Gasteiger partial charge in [0.1, 0.15) is 17.0 Å². The molecule has 1 aromatic heterocycles. The fraction of sp³-hybridized carbons (Fsp3) is 0. The van der Waals surface area contributed by atoms with Crippen molar-refractivity contribution in [2.24, 2.45) is 0 Å². The van der Waals surface area contributed by atoms with Gasteiger partial charge in [-0.15, -0.1) is 0 Å². The summed E-state index contributed by atoms with van der Waals surface area (Å²) in [7, 11) is 0. The minimum Gasteiger partial charge on any atom is -0.457 e. The number of aromatic nitrogens is 1. The topological polar surface area (TPSA) is 47.3 Å². The number of nitrogens with zero attached hydrogens (tertiary/aromatic N) is 1. The number of anilines is 2. The molecule has 0 bridgehead atoms. The summed E-state index contributed by atoms with van der Waals surface area (Å²) in [6.45, 7) is 0. The van der Waals surface area contributed by atoms with E-state index in [0.29, 0.717) is 5.89 Å². The zero-order valence-corrected chi connectivity index (χ0v) is 21.0. The van der Waals surface area contributed by atoms with Crippen molar-refractivity contribution in [3.63, 3.8) is 0 Å². The van der Waals surface area contributed by atoms with Crippen LogP contribution in [0.5, 0.6) is 11.5 Å². The Bertz CT molecular complexity index is 1890. The third-order valence-electron chi connectivity index (χ3n) is 6.76. The van der Waals surface area contributed by atoms with Gasteiger partial charge in [0.2, 0.25) is 5.89 Å². The second kappa shape index (κ2) is 9.84. The van der Waals surface area contributed by atoms with Gasteiger partial charge >= 0.3 is 0 Å². The standard InChI is InChI=1S/C35H24N2O2/c1-2-11-24(12-3-1)27-15-6-7-18-31(27)36-25-13-10-14-26(23-25)38-33-22-21-30(28-16-4-5-17-29(28)33)35-37-32-19-8-9-20-34(32)39-35/h1-23,36H. The van der Waals surface area contributed by atoms with E-state index in [1.807, 2.05) is 84.9 Å². The smallest absolute Gasteiger partial charge is 0.227 e. The molecule has 0 atom stereocenters. The quantitative estimate of drug-likeness (QED) is 0.245. The molecule has 7 rings (SSSR count). The molecular formula is C35H24N2O2. The van der Waals surface area contributed by atoms with Crippen LogP contribution in [-0.2, 0) is 0 Å². The van der Waals surface area contributed by atoms with Crippen molar-refractivity contribution in [3.8, 4) is 34.1 Å². The average Bonchev–Trinajstić information content (AvgIpc) is 3.42. The van der Waals surface area contributed by atoms with Crippen molar-refractivity contribution in [1.29, 1.82) is 0 Å². The van der Waals surface area contributed by atoms with Gasteiger partial charge in [-0.2, -0.15) is 0 Å². The lowest BCUT2D eigenvalue weighted by Gasteiger charge is -2.14. The summed E-state index contributed by atoms with van der Waals surface area (Å²) in [5, 5.41) is 5.59. The Morgan fingerprint density at radius 3 is 2.26 bits per heavy atom. The zero-order valence-electron chi connectivity index (χ0n) is 21.0. The molecule has 4 heteroatoms. The summed E-state index contributed by atoms with van der Waals surface area (Å²) < 4.78 is 12.5. The number of hydrogen-bond acceptors (Lipinski definition) is 4. The molecule has 4 nitrogen and oxygen atoms in total. The number of ether oxygens (including phenoxy) is 1. The van der Waals surface area contributed by atoms with Crippen LogP contribution in [0.2, 0.25) is 0 Å². The molecule has 0 amide bonds. The van der Waals surface area contributed by atoms with Crippen LogP contribution >= 0.6 is 0 Å². The van der Waals surface area contributed by atoms with Crippen molar-refractivity contribution in [2.75, 3.05) is 5.32 Å². The first kappa shape index (κ1) is 22.8. The van der Waals surface area contributed by atoms with Gasteiger partial charge in [0.15, 0.2) is 5.58 Å². The highest BCUT2D eigenvalue weighted by atomic mass is 16.5. The predicted octanol–water partition coefficient (Wildman–Crippen LogP) is 9.85. The third-order valence-corrected chi connectivity index (χ3v) is 6.76. The summed E-state index contributed by atoms with van der Waals surface area (Å²) >= 11 is 0. The Morgan fingerprint density at radius 2 is 1.36 bits per heavy atom. The molecule has 6 aromatic carbocycles. The second-order valence-electron chi connectivity index (χ2n) is 9.31. The molecule has 1 N–H and O–H groups in total. The highest BCUT2D eigenvalue weighted by Gasteiger charge is 2.14. The summed E-state index contributed by atoms with van der Waals surface area (Å²) in [5.41, 5.74) is 6.84. The lowest BCUT2D eigenvalue weighted by atomic mass is 10.0. The highest BCUT2D eigenvalue weighted by Crippen LogP contribution is 2.38. The van der Waals surface area contributed by atoms with E-state index in [9.17, 15) is 0 Å².